The number of H-pyrrole nitrogens is 1. The maximum Gasteiger partial charge on any atom is 0.407 e. The summed E-state index contributed by atoms with van der Waals surface area (Å²) in [6.07, 6.45) is 1.25. The standard InChI is InChI=1S/C39H41FN4O7S/c1-22(2)29-21-35(37(45)46)44(34-20-26(50-7)19-32-31(34)18-25(42-32)12-14-41-38(47)51-39(4,5)6)36(29)30-16-24(40)17-33-28(30)13-15-43(33)52(48,49)27-10-8-23(3)9-11-27/h8-11,13,15-22,42H,12,14H2,1-7H3,(H,41,47)(H,45,46). The quantitative estimate of drug-likeness (QED) is 0.129. The summed E-state index contributed by atoms with van der Waals surface area (Å²) in [5, 5.41) is 14.4. The zero-order valence-electron chi connectivity index (χ0n) is 30.0. The number of ether oxygens (including phenoxy) is 2. The number of alkyl carbamates (subject to hydrolysis) is 1. The SMILES string of the molecule is COc1cc(-n2c(C(=O)O)cc(C(C)C)c2-c2cc(F)cc3c2ccn3S(=O)(=O)c2ccc(C)cc2)c2cc(CCNC(=O)OC(C)(C)C)[nH]c2c1. The third-order valence-corrected chi connectivity index (χ3v) is 10.4. The zero-order chi connectivity index (χ0) is 37.7. The minimum atomic E-state index is -4.11. The number of carboxylic acids is 1. The molecule has 1 amide bonds. The number of amides is 1. The topological polar surface area (TPSA) is 145 Å². The van der Waals surface area contributed by atoms with Crippen molar-refractivity contribution in [1.29, 1.82) is 0 Å². The number of benzene rings is 3. The van der Waals surface area contributed by atoms with E-state index in [1.54, 1.807) is 61.7 Å². The minimum Gasteiger partial charge on any atom is -0.497 e. The number of aromatic amines is 1. The molecule has 0 aliphatic carbocycles. The van der Waals surface area contributed by atoms with Gasteiger partial charge in [-0.05, 0) is 81.6 Å². The fraction of sp³-hybridized carbons (Fsp3) is 0.282. The van der Waals surface area contributed by atoms with E-state index in [-0.39, 0.29) is 28.6 Å². The van der Waals surface area contributed by atoms with Crippen LogP contribution in [0.15, 0.2) is 77.8 Å². The largest absolute Gasteiger partial charge is 0.497 e. The van der Waals surface area contributed by atoms with Crippen molar-refractivity contribution in [1.82, 2.24) is 18.8 Å². The third kappa shape index (κ3) is 6.88. The number of methoxy groups -OCH3 is 1. The Morgan fingerprint density at radius 2 is 1.71 bits per heavy atom. The number of aromatic carboxylic acids is 1. The van der Waals surface area contributed by atoms with Gasteiger partial charge in [0.15, 0.2) is 0 Å². The average molecular weight is 729 g/mol. The number of nitrogens with one attached hydrogen (secondary N) is 2. The van der Waals surface area contributed by atoms with E-state index < -0.39 is 33.5 Å². The Kier molecular flexibility index (Phi) is 9.43. The molecule has 3 heterocycles. The van der Waals surface area contributed by atoms with Crippen molar-refractivity contribution in [3.05, 3.63) is 101 Å². The Labute approximate surface area is 301 Å². The number of hydrogen-bond donors (Lipinski definition) is 3. The molecule has 13 heteroatoms. The van der Waals surface area contributed by atoms with Crippen LogP contribution in [0.25, 0.3) is 38.8 Å². The normalized spacial score (nSPS) is 12.2. The van der Waals surface area contributed by atoms with Crippen LogP contribution in [-0.4, -0.2) is 58.4 Å². The van der Waals surface area contributed by atoms with E-state index in [2.05, 4.69) is 10.3 Å². The van der Waals surface area contributed by atoms with Gasteiger partial charge in [0.1, 0.15) is 22.9 Å². The van der Waals surface area contributed by atoms with E-state index in [1.165, 1.54) is 37.6 Å². The predicted octanol–water partition coefficient (Wildman–Crippen LogP) is 8.16. The number of hydrogen-bond acceptors (Lipinski definition) is 6. The van der Waals surface area contributed by atoms with Crippen LogP contribution in [0.5, 0.6) is 5.75 Å². The molecule has 0 fully saturated rings. The molecule has 3 aromatic heterocycles. The van der Waals surface area contributed by atoms with Crippen LogP contribution in [0.4, 0.5) is 9.18 Å². The molecule has 0 spiro atoms. The van der Waals surface area contributed by atoms with E-state index >= 15 is 4.39 Å². The first kappa shape index (κ1) is 36.2. The van der Waals surface area contributed by atoms with E-state index in [4.69, 9.17) is 9.47 Å². The van der Waals surface area contributed by atoms with Gasteiger partial charge in [-0.15, -0.1) is 0 Å². The lowest BCUT2D eigenvalue weighted by atomic mass is 9.96. The lowest BCUT2D eigenvalue weighted by Crippen LogP contribution is -2.33. The van der Waals surface area contributed by atoms with Gasteiger partial charge in [-0.3, -0.25) is 0 Å². The molecule has 52 heavy (non-hydrogen) atoms. The Bertz CT molecular complexity index is 2450. The smallest absolute Gasteiger partial charge is 0.407 e. The molecule has 0 aliphatic rings. The van der Waals surface area contributed by atoms with E-state index in [0.717, 1.165) is 15.2 Å². The molecule has 6 aromatic rings. The summed E-state index contributed by atoms with van der Waals surface area (Å²) < 4.78 is 57.0. The molecule has 3 aromatic carbocycles. The molecule has 0 saturated heterocycles. The molecule has 0 atom stereocenters. The summed E-state index contributed by atoms with van der Waals surface area (Å²) in [6.45, 7) is 11.3. The number of rotatable bonds is 10. The first-order valence-electron chi connectivity index (χ1n) is 16.8. The van der Waals surface area contributed by atoms with Crippen molar-refractivity contribution in [3.8, 4) is 22.7 Å². The average Bonchev–Trinajstić information content (AvgIpc) is 3.78. The molecular weight excluding hydrogens is 688 g/mol. The van der Waals surface area contributed by atoms with Crippen molar-refractivity contribution >= 4 is 43.9 Å². The maximum absolute atomic E-state index is 15.8. The Morgan fingerprint density at radius 1 is 1.00 bits per heavy atom. The monoisotopic (exact) mass is 728 g/mol. The fourth-order valence-electron chi connectivity index (χ4n) is 6.37. The molecule has 0 radical (unpaired) electrons. The number of carbonyl (C=O) groups excluding carboxylic acids is 1. The number of aromatic nitrogens is 3. The van der Waals surface area contributed by atoms with Gasteiger partial charge in [0.25, 0.3) is 10.0 Å². The van der Waals surface area contributed by atoms with Crippen LogP contribution in [0, 0.1) is 12.7 Å². The van der Waals surface area contributed by atoms with Gasteiger partial charge in [-0.1, -0.05) is 31.5 Å². The van der Waals surface area contributed by atoms with Crippen LogP contribution in [0.1, 0.15) is 67.8 Å². The minimum absolute atomic E-state index is 0.0455. The fourth-order valence-corrected chi connectivity index (χ4v) is 7.71. The van der Waals surface area contributed by atoms with Crippen LogP contribution < -0.4 is 10.1 Å². The first-order chi connectivity index (χ1) is 24.5. The van der Waals surface area contributed by atoms with Gasteiger partial charge in [0.2, 0.25) is 0 Å². The summed E-state index contributed by atoms with van der Waals surface area (Å²) in [4.78, 5) is 28.6. The number of carbonyl (C=O) groups is 2. The number of carboxylic acid groups (broad SMARTS) is 1. The zero-order valence-corrected chi connectivity index (χ0v) is 30.8. The van der Waals surface area contributed by atoms with Gasteiger partial charge < -0.3 is 29.4 Å². The van der Waals surface area contributed by atoms with E-state index in [9.17, 15) is 23.1 Å². The van der Waals surface area contributed by atoms with Crippen molar-refractivity contribution < 1.29 is 37.0 Å². The number of fused-ring (bicyclic) bond motifs is 2. The molecular formula is C39H41FN4O7S. The molecule has 0 aliphatic heterocycles. The first-order valence-corrected chi connectivity index (χ1v) is 18.2. The Morgan fingerprint density at radius 3 is 2.35 bits per heavy atom. The van der Waals surface area contributed by atoms with Crippen molar-refractivity contribution in [2.24, 2.45) is 0 Å². The highest BCUT2D eigenvalue weighted by Crippen LogP contribution is 2.42. The van der Waals surface area contributed by atoms with Crippen molar-refractivity contribution in [2.45, 2.75) is 64.4 Å². The number of aryl methyl sites for hydroxylation is 1. The highest BCUT2D eigenvalue weighted by Gasteiger charge is 2.29. The van der Waals surface area contributed by atoms with Gasteiger partial charge in [-0.2, -0.15) is 0 Å². The van der Waals surface area contributed by atoms with Crippen molar-refractivity contribution in [3.63, 3.8) is 0 Å². The van der Waals surface area contributed by atoms with E-state index in [0.29, 0.717) is 51.0 Å². The summed E-state index contributed by atoms with van der Waals surface area (Å²) in [6, 6.07) is 17.4. The molecule has 0 saturated carbocycles. The Hall–Kier alpha value is -5.56. The molecule has 0 unspecified atom stereocenters. The number of nitrogens with zero attached hydrogens (tertiary/aromatic N) is 2. The highest BCUT2D eigenvalue weighted by molar-refractivity contribution is 7.90. The third-order valence-electron chi connectivity index (χ3n) is 8.73. The maximum atomic E-state index is 15.8. The lowest BCUT2D eigenvalue weighted by Gasteiger charge is -2.19. The summed E-state index contributed by atoms with van der Waals surface area (Å²) in [5.74, 6) is -1.69. The van der Waals surface area contributed by atoms with Gasteiger partial charge in [-0.25, -0.2) is 26.4 Å². The summed E-state index contributed by atoms with van der Waals surface area (Å²) >= 11 is 0. The second kappa shape index (κ2) is 13.5. The van der Waals surface area contributed by atoms with E-state index in [1.807, 2.05) is 26.8 Å². The summed E-state index contributed by atoms with van der Waals surface area (Å²) in [5.41, 5.74) is 3.44. The predicted molar refractivity (Wildman–Crippen MR) is 198 cm³/mol. The van der Waals surface area contributed by atoms with Gasteiger partial charge in [0, 0.05) is 53.3 Å². The summed E-state index contributed by atoms with van der Waals surface area (Å²) in [7, 11) is -2.61. The lowest BCUT2D eigenvalue weighted by molar-refractivity contribution is 0.0527. The Balaban J connectivity index is 1.56. The van der Waals surface area contributed by atoms with Crippen LogP contribution in [0.3, 0.4) is 0 Å². The second-order valence-electron chi connectivity index (χ2n) is 14.0. The second-order valence-corrected chi connectivity index (χ2v) is 15.8. The molecule has 0 bridgehead atoms. The highest BCUT2D eigenvalue weighted by atomic mass is 32.2. The van der Waals surface area contributed by atoms with Gasteiger partial charge >= 0.3 is 12.1 Å². The van der Waals surface area contributed by atoms with Gasteiger partial charge in [0.05, 0.1) is 34.4 Å². The molecule has 6 rings (SSSR count). The van der Waals surface area contributed by atoms with Crippen LogP contribution >= 0.6 is 0 Å². The molecule has 3 N–H and O–H groups in total. The number of halogens is 1. The van der Waals surface area contributed by atoms with Crippen LogP contribution in [-0.2, 0) is 21.2 Å². The van der Waals surface area contributed by atoms with Crippen LogP contribution in [0.2, 0.25) is 0 Å². The molecule has 272 valence electrons. The molecule has 11 nitrogen and oxygen atoms in total. The van der Waals surface area contributed by atoms with Crippen molar-refractivity contribution in [2.75, 3.05) is 13.7 Å².